The van der Waals surface area contributed by atoms with Gasteiger partial charge in [0, 0.05) is 37.8 Å². The first-order chi connectivity index (χ1) is 13.6. The molecule has 1 saturated carbocycles. The Bertz CT molecular complexity index is 670. The fraction of sp³-hybridized carbons (Fsp3) is 0.682. The van der Waals surface area contributed by atoms with Crippen LogP contribution in [0.4, 0.5) is 0 Å². The van der Waals surface area contributed by atoms with Crippen molar-refractivity contribution in [3.63, 3.8) is 0 Å². The first-order valence-electron chi connectivity index (χ1n) is 10.7. The zero-order valence-corrected chi connectivity index (χ0v) is 19.5. The fourth-order valence-electron chi connectivity index (χ4n) is 5.13. The number of fused-ring (bicyclic) bond motifs is 1. The minimum atomic E-state index is 0. The van der Waals surface area contributed by atoms with Crippen LogP contribution in [0.25, 0.3) is 0 Å². The number of nitrogens with zero attached hydrogens (tertiary/aromatic N) is 1. The fourth-order valence-corrected chi connectivity index (χ4v) is 5.13. The molecular formula is C22H35Cl2N3O3. The molecule has 1 aromatic rings. The number of rotatable bonds is 6. The van der Waals surface area contributed by atoms with Gasteiger partial charge in [-0.25, -0.2) is 0 Å². The van der Waals surface area contributed by atoms with Crippen LogP contribution in [-0.4, -0.2) is 56.2 Å². The van der Waals surface area contributed by atoms with E-state index in [2.05, 4.69) is 27.7 Å². The number of ether oxygens (including phenoxy) is 2. The van der Waals surface area contributed by atoms with Crippen molar-refractivity contribution in [3.8, 4) is 11.5 Å². The van der Waals surface area contributed by atoms with Gasteiger partial charge in [-0.2, -0.15) is 0 Å². The molecule has 4 rings (SSSR count). The van der Waals surface area contributed by atoms with Crippen LogP contribution in [0.2, 0.25) is 0 Å². The molecule has 4 unspecified atom stereocenters. The average molecular weight is 460 g/mol. The van der Waals surface area contributed by atoms with Gasteiger partial charge in [0.2, 0.25) is 5.91 Å². The molecule has 1 aliphatic carbocycles. The second kappa shape index (κ2) is 11.4. The minimum Gasteiger partial charge on any atom is -0.497 e. The average Bonchev–Trinajstić information content (AvgIpc) is 3.34. The number of amides is 1. The molecule has 30 heavy (non-hydrogen) atoms. The van der Waals surface area contributed by atoms with Crippen molar-refractivity contribution >= 4 is 30.7 Å². The van der Waals surface area contributed by atoms with E-state index in [0.29, 0.717) is 12.0 Å². The zero-order valence-electron chi connectivity index (χ0n) is 17.9. The van der Waals surface area contributed by atoms with E-state index in [9.17, 15) is 4.79 Å². The largest absolute Gasteiger partial charge is 0.497 e. The molecule has 0 aromatic heterocycles. The summed E-state index contributed by atoms with van der Waals surface area (Å²) in [6.45, 7) is 2.73. The minimum absolute atomic E-state index is 0. The van der Waals surface area contributed by atoms with E-state index >= 15 is 0 Å². The quantitative estimate of drug-likeness (QED) is 0.683. The van der Waals surface area contributed by atoms with E-state index in [0.717, 1.165) is 44.0 Å². The maximum absolute atomic E-state index is 12.8. The van der Waals surface area contributed by atoms with E-state index in [-0.39, 0.29) is 42.8 Å². The third-order valence-corrected chi connectivity index (χ3v) is 6.62. The molecule has 2 N–H and O–H groups in total. The van der Waals surface area contributed by atoms with Crippen LogP contribution in [-0.2, 0) is 11.3 Å². The summed E-state index contributed by atoms with van der Waals surface area (Å²) in [4.78, 5) is 15.1. The molecule has 170 valence electrons. The number of hydrogen-bond donors (Lipinski definition) is 2. The van der Waals surface area contributed by atoms with Crippen molar-refractivity contribution in [1.82, 2.24) is 15.5 Å². The van der Waals surface area contributed by atoms with Gasteiger partial charge in [-0.15, -0.1) is 24.8 Å². The monoisotopic (exact) mass is 459 g/mol. The molecule has 4 atom stereocenters. The molecule has 1 amide bonds. The summed E-state index contributed by atoms with van der Waals surface area (Å²) in [6.07, 6.45) is 7.15. The van der Waals surface area contributed by atoms with Crippen molar-refractivity contribution in [2.24, 2.45) is 5.92 Å². The summed E-state index contributed by atoms with van der Waals surface area (Å²) in [5.41, 5.74) is 1.17. The molecule has 1 aromatic carbocycles. The van der Waals surface area contributed by atoms with Gasteiger partial charge < -0.3 is 20.1 Å². The Morgan fingerprint density at radius 2 is 1.80 bits per heavy atom. The molecule has 3 aliphatic rings. The van der Waals surface area contributed by atoms with Crippen LogP contribution in [0.15, 0.2) is 18.2 Å². The number of benzene rings is 1. The lowest BCUT2D eigenvalue weighted by Crippen LogP contribution is -2.47. The van der Waals surface area contributed by atoms with Gasteiger partial charge in [-0.1, -0.05) is 12.8 Å². The number of carbonyl (C=O) groups is 1. The topological polar surface area (TPSA) is 62.8 Å². The Morgan fingerprint density at radius 3 is 2.47 bits per heavy atom. The van der Waals surface area contributed by atoms with Crippen LogP contribution in [0, 0.1) is 5.92 Å². The number of methoxy groups -OCH3 is 2. The molecule has 6 nitrogen and oxygen atoms in total. The van der Waals surface area contributed by atoms with E-state index < -0.39 is 0 Å². The number of halogens is 2. The van der Waals surface area contributed by atoms with Crippen molar-refractivity contribution in [3.05, 3.63) is 23.8 Å². The summed E-state index contributed by atoms with van der Waals surface area (Å²) in [5, 5.41) is 6.89. The predicted molar refractivity (Wildman–Crippen MR) is 123 cm³/mol. The molecular weight excluding hydrogens is 425 g/mol. The second-order valence-corrected chi connectivity index (χ2v) is 8.56. The lowest BCUT2D eigenvalue weighted by Gasteiger charge is -2.24. The van der Waals surface area contributed by atoms with Crippen LogP contribution >= 0.6 is 24.8 Å². The number of carbonyl (C=O) groups excluding carboxylic acids is 1. The third-order valence-electron chi connectivity index (χ3n) is 6.62. The highest BCUT2D eigenvalue weighted by atomic mass is 35.5. The first kappa shape index (κ1) is 25.1. The SMILES string of the molecule is COc1cc(CN2CCC(NC(=O)C3CC4CCCCC4N3)C2)cc(OC)c1.Cl.Cl. The molecule has 0 spiro atoms. The van der Waals surface area contributed by atoms with Gasteiger partial charge >= 0.3 is 0 Å². The molecule has 2 heterocycles. The highest BCUT2D eigenvalue weighted by Crippen LogP contribution is 2.33. The lowest BCUT2D eigenvalue weighted by atomic mass is 9.85. The van der Waals surface area contributed by atoms with Crippen molar-refractivity contribution < 1.29 is 14.3 Å². The van der Waals surface area contributed by atoms with E-state index in [4.69, 9.17) is 9.47 Å². The van der Waals surface area contributed by atoms with Crippen LogP contribution in [0.3, 0.4) is 0 Å². The predicted octanol–water partition coefficient (Wildman–Crippen LogP) is 3.16. The smallest absolute Gasteiger partial charge is 0.237 e. The Balaban J connectivity index is 0.00000160. The van der Waals surface area contributed by atoms with Crippen molar-refractivity contribution in [1.29, 1.82) is 0 Å². The zero-order chi connectivity index (χ0) is 19.5. The van der Waals surface area contributed by atoms with E-state index in [1.165, 1.54) is 31.2 Å². The van der Waals surface area contributed by atoms with Crippen LogP contribution in [0.5, 0.6) is 11.5 Å². The standard InChI is InChI=1S/C22H33N3O3.2ClH/c1-27-18-9-15(10-19(12-18)28-2)13-25-8-7-17(14-25)23-22(26)21-11-16-5-3-4-6-20(16)24-21;;/h9-10,12,16-17,20-21,24H,3-8,11,13-14H2,1-2H3,(H,23,26);2*1H. The molecule has 2 saturated heterocycles. The summed E-state index contributed by atoms with van der Waals surface area (Å²) in [5.74, 6) is 2.52. The van der Waals surface area contributed by atoms with Gasteiger partial charge in [0.15, 0.2) is 0 Å². The van der Waals surface area contributed by atoms with Gasteiger partial charge in [-0.3, -0.25) is 9.69 Å². The Kier molecular flexibility index (Phi) is 9.54. The third kappa shape index (κ3) is 5.94. The van der Waals surface area contributed by atoms with Crippen LogP contribution in [0.1, 0.15) is 44.1 Å². The Labute approximate surface area is 192 Å². The number of nitrogens with one attached hydrogen (secondary N) is 2. The maximum atomic E-state index is 12.8. The summed E-state index contributed by atoms with van der Waals surface area (Å²) in [6, 6.07) is 6.81. The molecule has 8 heteroatoms. The van der Waals surface area contributed by atoms with Crippen molar-refractivity contribution in [2.75, 3.05) is 27.3 Å². The van der Waals surface area contributed by atoms with Gasteiger partial charge in [0.25, 0.3) is 0 Å². The van der Waals surface area contributed by atoms with E-state index in [1.807, 2.05) is 6.07 Å². The molecule has 3 fully saturated rings. The van der Waals surface area contributed by atoms with Gasteiger partial charge in [0.05, 0.1) is 20.3 Å². The summed E-state index contributed by atoms with van der Waals surface area (Å²) < 4.78 is 10.7. The lowest BCUT2D eigenvalue weighted by molar-refractivity contribution is -0.123. The highest BCUT2D eigenvalue weighted by Gasteiger charge is 2.39. The number of likely N-dealkylation sites (tertiary alicyclic amines) is 1. The Hall–Kier alpha value is -1.21. The number of hydrogen-bond acceptors (Lipinski definition) is 5. The normalized spacial score (nSPS) is 28.1. The molecule has 0 radical (unpaired) electrons. The maximum Gasteiger partial charge on any atom is 0.237 e. The van der Waals surface area contributed by atoms with E-state index in [1.54, 1.807) is 14.2 Å². The van der Waals surface area contributed by atoms with Gasteiger partial charge in [-0.05, 0) is 49.3 Å². The second-order valence-electron chi connectivity index (χ2n) is 8.56. The van der Waals surface area contributed by atoms with Crippen molar-refractivity contribution in [2.45, 2.75) is 63.2 Å². The summed E-state index contributed by atoms with van der Waals surface area (Å²) in [7, 11) is 3.35. The van der Waals surface area contributed by atoms with Crippen LogP contribution < -0.4 is 20.1 Å². The molecule has 2 aliphatic heterocycles. The highest BCUT2D eigenvalue weighted by molar-refractivity contribution is 5.85. The van der Waals surface area contributed by atoms with Gasteiger partial charge in [0.1, 0.15) is 11.5 Å². The Morgan fingerprint density at radius 1 is 1.10 bits per heavy atom. The first-order valence-corrected chi connectivity index (χ1v) is 10.7. The molecule has 0 bridgehead atoms. The summed E-state index contributed by atoms with van der Waals surface area (Å²) >= 11 is 0.